The minimum atomic E-state index is -1.09. The number of phenolic OH excluding ortho intramolecular Hbond substituents is 1. The highest BCUT2D eigenvalue weighted by atomic mass is 16.5. The zero-order valence-corrected chi connectivity index (χ0v) is 19.9. The molecule has 190 valence electrons. The summed E-state index contributed by atoms with van der Waals surface area (Å²) >= 11 is 0. The molecule has 10 heteroatoms. The number of aromatic hydroxyl groups is 1. The predicted octanol–water partition coefficient (Wildman–Crippen LogP) is 4.65. The smallest absolute Gasteiger partial charge is 0.341 e. The van der Waals surface area contributed by atoms with Gasteiger partial charge < -0.3 is 24.4 Å². The highest BCUT2D eigenvalue weighted by Crippen LogP contribution is 2.41. The van der Waals surface area contributed by atoms with Crippen LogP contribution in [0.15, 0.2) is 50.4 Å². The van der Waals surface area contributed by atoms with E-state index in [9.17, 15) is 19.5 Å². The van der Waals surface area contributed by atoms with E-state index in [1.807, 2.05) is 4.68 Å². The van der Waals surface area contributed by atoms with Crippen LogP contribution in [0.2, 0.25) is 0 Å². The number of aromatic nitrogens is 3. The standard InChI is InChI=1S/C27H25N3O7/c31-18-12-11-17-22-25(37-24(17)23(18)34)20(14-7-9-16(10-8-14)36-13-19(32)33)21-26(28-22)30(29-27(21)35)15-5-3-1-2-4-6-15/h7-12,15,28,34H,1-6,13H2,(H,29,35)(H,32,33). The Morgan fingerprint density at radius 1 is 1.03 bits per heavy atom. The molecule has 0 radical (unpaired) electrons. The Kier molecular flexibility index (Phi) is 5.51. The van der Waals surface area contributed by atoms with Crippen LogP contribution in [0.3, 0.4) is 0 Å². The average Bonchev–Trinajstić information content (AvgIpc) is 3.28. The first-order valence-corrected chi connectivity index (χ1v) is 12.3. The normalized spacial score (nSPS) is 14.9. The Labute approximate surface area is 209 Å². The van der Waals surface area contributed by atoms with E-state index in [1.165, 1.54) is 18.9 Å². The zero-order valence-electron chi connectivity index (χ0n) is 19.9. The van der Waals surface area contributed by atoms with E-state index in [0.29, 0.717) is 44.4 Å². The minimum Gasteiger partial charge on any atom is -0.502 e. The second kappa shape index (κ2) is 8.88. The number of furan rings is 1. The molecule has 1 fully saturated rings. The van der Waals surface area contributed by atoms with Gasteiger partial charge >= 0.3 is 5.97 Å². The summed E-state index contributed by atoms with van der Waals surface area (Å²) in [7, 11) is 0. The molecule has 0 unspecified atom stereocenters. The van der Waals surface area contributed by atoms with E-state index < -0.39 is 23.8 Å². The number of rotatable bonds is 5. The van der Waals surface area contributed by atoms with Crippen molar-refractivity contribution in [2.75, 3.05) is 6.61 Å². The lowest BCUT2D eigenvalue weighted by molar-refractivity contribution is -0.139. The van der Waals surface area contributed by atoms with E-state index >= 15 is 0 Å². The van der Waals surface area contributed by atoms with Gasteiger partial charge in [0.2, 0.25) is 11.2 Å². The fourth-order valence-electron chi connectivity index (χ4n) is 5.39. The topological polar surface area (TPSA) is 151 Å². The predicted molar refractivity (Wildman–Crippen MR) is 137 cm³/mol. The SMILES string of the molecule is O=C(O)COc1ccc(-c2c3oc4c(O)c(=O)ccc4c3[nH]c3c2c(=O)[nH]n3C2CCCCCC2)cc1. The number of nitrogens with one attached hydrogen (secondary N) is 2. The summed E-state index contributed by atoms with van der Waals surface area (Å²) in [6, 6.07) is 9.70. The first-order valence-electron chi connectivity index (χ1n) is 12.3. The Hall–Kier alpha value is -4.47. The number of ether oxygens (including phenoxy) is 1. The number of aromatic amines is 2. The van der Waals surface area contributed by atoms with Gasteiger partial charge in [-0.25, -0.2) is 4.79 Å². The van der Waals surface area contributed by atoms with Gasteiger partial charge in [-0.1, -0.05) is 37.8 Å². The second-order valence-electron chi connectivity index (χ2n) is 9.48. The third kappa shape index (κ3) is 3.85. The molecule has 10 nitrogen and oxygen atoms in total. The summed E-state index contributed by atoms with van der Waals surface area (Å²) in [5.74, 6) is -1.21. The molecule has 3 aromatic heterocycles. The van der Waals surface area contributed by atoms with E-state index in [-0.39, 0.29) is 17.2 Å². The van der Waals surface area contributed by atoms with Crippen molar-refractivity contribution in [3.8, 4) is 22.6 Å². The quantitative estimate of drug-likeness (QED) is 0.255. The molecule has 0 aliphatic heterocycles. The minimum absolute atomic E-state index is 0.0477. The Balaban J connectivity index is 1.64. The van der Waals surface area contributed by atoms with E-state index in [1.54, 1.807) is 30.3 Å². The van der Waals surface area contributed by atoms with Crippen LogP contribution >= 0.6 is 0 Å². The lowest BCUT2D eigenvalue weighted by Crippen LogP contribution is -2.13. The number of H-pyrrole nitrogens is 2. The average molecular weight is 504 g/mol. The maximum Gasteiger partial charge on any atom is 0.341 e. The number of phenols is 1. The molecule has 0 saturated heterocycles. The monoisotopic (exact) mass is 503 g/mol. The van der Waals surface area contributed by atoms with Gasteiger partial charge in [0.25, 0.3) is 5.56 Å². The van der Waals surface area contributed by atoms with Gasteiger partial charge in [-0.15, -0.1) is 0 Å². The van der Waals surface area contributed by atoms with Gasteiger partial charge in [-0.2, -0.15) is 0 Å². The van der Waals surface area contributed by atoms with Crippen LogP contribution in [-0.2, 0) is 4.79 Å². The van der Waals surface area contributed by atoms with Crippen molar-refractivity contribution in [3.63, 3.8) is 0 Å². The van der Waals surface area contributed by atoms with Crippen molar-refractivity contribution < 1.29 is 24.2 Å². The van der Waals surface area contributed by atoms with Crippen LogP contribution < -0.4 is 15.7 Å². The maximum atomic E-state index is 13.4. The van der Waals surface area contributed by atoms with E-state index in [4.69, 9.17) is 14.3 Å². The molecule has 0 atom stereocenters. The van der Waals surface area contributed by atoms with Crippen molar-refractivity contribution in [1.29, 1.82) is 0 Å². The number of nitrogens with zero attached hydrogens (tertiary/aromatic N) is 1. The molecule has 3 heterocycles. The number of pyridine rings is 1. The molecular weight excluding hydrogens is 478 g/mol. The van der Waals surface area contributed by atoms with Gasteiger partial charge in [0, 0.05) is 10.9 Å². The number of carboxylic acids is 1. The van der Waals surface area contributed by atoms with Gasteiger partial charge in [-0.3, -0.25) is 19.4 Å². The van der Waals surface area contributed by atoms with Crippen LogP contribution in [-0.4, -0.2) is 37.6 Å². The number of carbonyl (C=O) groups is 1. The number of fused-ring (bicyclic) bond motifs is 4. The van der Waals surface area contributed by atoms with Gasteiger partial charge in [0.15, 0.2) is 17.8 Å². The molecule has 0 bridgehead atoms. The van der Waals surface area contributed by atoms with Crippen LogP contribution in [0.25, 0.3) is 44.2 Å². The highest BCUT2D eigenvalue weighted by molar-refractivity contribution is 6.15. The van der Waals surface area contributed by atoms with Crippen molar-refractivity contribution >= 4 is 39.1 Å². The fraction of sp³-hybridized carbons (Fsp3) is 0.296. The number of hydrogen-bond donors (Lipinski definition) is 4. The number of carboxylic acid groups (broad SMARTS) is 1. The van der Waals surface area contributed by atoms with Crippen LogP contribution in [0.1, 0.15) is 44.6 Å². The second-order valence-corrected chi connectivity index (χ2v) is 9.48. The molecule has 37 heavy (non-hydrogen) atoms. The van der Waals surface area contributed by atoms with Crippen LogP contribution in [0.4, 0.5) is 0 Å². The van der Waals surface area contributed by atoms with E-state index in [0.717, 1.165) is 25.7 Å². The summed E-state index contributed by atoms with van der Waals surface area (Å²) in [4.78, 5) is 39.8. The Bertz CT molecular complexity index is 1760. The molecule has 5 aromatic rings. The van der Waals surface area contributed by atoms with Crippen molar-refractivity contribution in [1.82, 2.24) is 14.8 Å². The Morgan fingerprint density at radius 3 is 2.46 bits per heavy atom. The highest BCUT2D eigenvalue weighted by Gasteiger charge is 2.26. The first kappa shape index (κ1) is 23.0. The maximum absolute atomic E-state index is 13.4. The van der Waals surface area contributed by atoms with E-state index in [2.05, 4.69) is 10.1 Å². The van der Waals surface area contributed by atoms with Gasteiger partial charge in [0.05, 0.1) is 16.9 Å². The molecule has 6 rings (SSSR count). The summed E-state index contributed by atoms with van der Waals surface area (Å²) in [6.07, 6.45) is 6.38. The molecule has 2 aromatic carbocycles. The largest absolute Gasteiger partial charge is 0.502 e. The van der Waals surface area contributed by atoms with Crippen LogP contribution in [0, 0.1) is 0 Å². The number of aliphatic carboxylic acids is 1. The van der Waals surface area contributed by atoms with Crippen molar-refractivity contribution in [3.05, 3.63) is 57.0 Å². The molecule has 1 saturated carbocycles. The molecule has 1 aliphatic rings. The Morgan fingerprint density at radius 2 is 1.76 bits per heavy atom. The fourth-order valence-corrected chi connectivity index (χ4v) is 5.39. The number of benzene rings is 2. The summed E-state index contributed by atoms with van der Waals surface area (Å²) in [5, 5.41) is 23.3. The molecule has 0 spiro atoms. The lowest BCUT2D eigenvalue weighted by Gasteiger charge is -2.17. The van der Waals surface area contributed by atoms with Crippen molar-refractivity contribution in [2.45, 2.75) is 44.6 Å². The van der Waals surface area contributed by atoms with Gasteiger partial charge in [0.1, 0.15) is 11.4 Å². The third-order valence-electron chi connectivity index (χ3n) is 7.14. The summed E-state index contributed by atoms with van der Waals surface area (Å²) in [6.45, 7) is -0.474. The molecule has 1 aliphatic carbocycles. The zero-order chi connectivity index (χ0) is 25.7. The molecular formula is C27H25N3O7. The number of hydrogen-bond acceptors (Lipinski definition) is 6. The van der Waals surface area contributed by atoms with Crippen molar-refractivity contribution in [2.24, 2.45) is 0 Å². The lowest BCUT2D eigenvalue weighted by atomic mass is 10.0. The van der Waals surface area contributed by atoms with Gasteiger partial charge in [-0.05, 0) is 42.7 Å². The molecule has 4 N–H and O–H groups in total. The summed E-state index contributed by atoms with van der Waals surface area (Å²) < 4.78 is 13.2. The third-order valence-corrected chi connectivity index (χ3v) is 7.14. The molecule has 0 amide bonds. The first-order chi connectivity index (χ1) is 17.9. The van der Waals surface area contributed by atoms with Crippen LogP contribution in [0.5, 0.6) is 11.5 Å². The summed E-state index contributed by atoms with van der Waals surface area (Å²) in [5.41, 5.74) is 1.84.